The van der Waals surface area contributed by atoms with E-state index in [1.165, 1.54) is 5.56 Å². The molecule has 0 N–H and O–H groups in total. The van der Waals surface area contributed by atoms with Crippen molar-refractivity contribution >= 4 is 11.8 Å². The Kier molecular flexibility index (Phi) is 3.24. The van der Waals surface area contributed by atoms with Crippen molar-refractivity contribution in [3.05, 3.63) is 34.9 Å². The fraction of sp³-hybridized carbons (Fsp3) is 0.500. The van der Waals surface area contributed by atoms with E-state index in [4.69, 9.17) is 9.47 Å². The molecule has 20 heavy (non-hydrogen) atoms. The molecular formula is C16H20N2O2. The van der Waals surface area contributed by atoms with Crippen LogP contribution in [0.3, 0.4) is 0 Å². The molecule has 4 nitrogen and oxygen atoms in total. The predicted octanol–water partition coefficient (Wildman–Crippen LogP) is 2.54. The van der Waals surface area contributed by atoms with Crippen LogP contribution in [0.5, 0.6) is 0 Å². The second-order valence-electron chi connectivity index (χ2n) is 6.12. The standard InChI is InChI=1S/C16H20N2O2/c1-16(2,3)13-9-11(14-17-4-6-19-14)8-12(10-13)15-18-5-7-20-15/h8-10H,4-7H2,1-3H3. The minimum absolute atomic E-state index is 0.0586. The molecule has 0 saturated heterocycles. The molecule has 1 aromatic carbocycles. The molecule has 2 aliphatic heterocycles. The van der Waals surface area contributed by atoms with E-state index in [-0.39, 0.29) is 5.41 Å². The van der Waals surface area contributed by atoms with Crippen LogP contribution in [0.15, 0.2) is 28.2 Å². The normalized spacial score (nSPS) is 18.4. The summed E-state index contributed by atoms with van der Waals surface area (Å²) in [5, 5.41) is 0. The van der Waals surface area contributed by atoms with Crippen LogP contribution in [0.1, 0.15) is 37.5 Å². The number of rotatable bonds is 2. The highest BCUT2D eigenvalue weighted by Gasteiger charge is 2.21. The number of nitrogens with zero attached hydrogens (tertiary/aromatic N) is 2. The quantitative estimate of drug-likeness (QED) is 0.830. The summed E-state index contributed by atoms with van der Waals surface area (Å²) in [7, 11) is 0. The van der Waals surface area contributed by atoms with E-state index in [0.29, 0.717) is 13.2 Å². The van der Waals surface area contributed by atoms with Gasteiger partial charge in [0.2, 0.25) is 11.8 Å². The van der Waals surface area contributed by atoms with Gasteiger partial charge in [-0.3, -0.25) is 0 Å². The van der Waals surface area contributed by atoms with Crippen molar-refractivity contribution in [3.63, 3.8) is 0 Å². The maximum Gasteiger partial charge on any atom is 0.216 e. The van der Waals surface area contributed by atoms with E-state index in [1.54, 1.807) is 0 Å². The van der Waals surface area contributed by atoms with Crippen LogP contribution in [0.25, 0.3) is 0 Å². The Labute approximate surface area is 119 Å². The summed E-state index contributed by atoms with van der Waals surface area (Å²) in [4.78, 5) is 8.82. The van der Waals surface area contributed by atoms with E-state index >= 15 is 0 Å². The topological polar surface area (TPSA) is 43.2 Å². The average molecular weight is 272 g/mol. The van der Waals surface area contributed by atoms with Gasteiger partial charge >= 0.3 is 0 Å². The molecule has 0 aliphatic carbocycles. The lowest BCUT2D eigenvalue weighted by molar-refractivity contribution is 0.347. The summed E-state index contributed by atoms with van der Waals surface area (Å²) in [6.45, 7) is 9.41. The van der Waals surface area contributed by atoms with Gasteiger partial charge in [0.15, 0.2) is 0 Å². The highest BCUT2D eigenvalue weighted by atomic mass is 16.5. The molecule has 0 radical (unpaired) electrons. The lowest BCUT2D eigenvalue weighted by atomic mass is 9.85. The molecule has 0 unspecified atom stereocenters. The van der Waals surface area contributed by atoms with Gasteiger partial charge in [0.05, 0.1) is 13.1 Å². The second-order valence-corrected chi connectivity index (χ2v) is 6.12. The fourth-order valence-electron chi connectivity index (χ4n) is 2.33. The van der Waals surface area contributed by atoms with E-state index in [2.05, 4.69) is 49.0 Å². The summed E-state index contributed by atoms with van der Waals surface area (Å²) in [5.41, 5.74) is 3.33. The van der Waals surface area contributed by atoms with E-state index in [0.717, 1.165) is 36.0 Å². The minimum Gasteiger partial charge on any atom is -0.476 e. The summed E-state index contributed by atoms with van der Waals surface area (Å²) in [6, 6.07) is 6.37. The van der Waals surface area contributed by atoms with Crippen LogP contribution in [0.4, 0.5) is 0 Å². The van der Waals surface area contributed by atoms with Gasteiger partial charge in [-0.25, -0.2) is 9.98 Å². The number of aliphatic imine (C=N–C) groups is 2. The van der Waals surface area contributed by atoms with Crippen LogP contribution in [-0.4, -0.2) is 38.1 Å². The maximum atomic E-state index is 5.59. The molecule has 0 fully saturated rings. The molecule has 0 aromatic heterocycles. The number of benzene rings is 1. The Morgan fingerprint density at radius 1 is 0.850 bits per heavy atom. The Morgan fingerprint density at radius 2 is 1.35 bits per heavy atom. The Balaban J connectivity index is 2.07. The van der Waals surface area contributed by atoms with Crippen molar-refractivity contribution in [1.82, 2.24) is 0 Å². The molecule has 0 amide bonds. The van der Waals surface area contributed by atoms with Gasteiger partial charge in [0, 0.05) is 11.1 Å². The average Bonchev–Trinajstić information content (AvgIpc) is 3.10. The van der Waals surface area contributed by atoms with Crippen molar-refractivity contribution in [2.45, 2.75) is 26.2 Å². The molecule has 3 rings (SSSR count). The first kappa shape index (κ1) is 13.2. The lowest BCUT2D eigenvalue weighted by Gasteiger charge is -2.21. The van der Waals surface area contributed by atoms with Gasteiger partial charge in [0.1, 0.15) is 13.2 Å². The van der Waals surface area contributed by atoms with Crippen LogP contribution in [0.2, 0.25) is 0 Å². The molecule has 0 bridgehead atoms. The summed E-state index contributed by atoms with van der Waals surface area (Å²) < 4.78 is 11.2. The first-order valence-corrected chi connectivity index (χ1v) is 7.05. The maximum absolute atomic E-state index is 5.59. The van der Waals surface area contributed by atoms with Crippen molar-refractivity contribution in [3.8, 4) is 0 Å². The molecule has 2 heterocycles. The van der Waals surface area contributed by atoms with Crippen LogP contribution >= 0.6 is 0 Å². The lowest BCUT2D eigenvalue weighted by Crippen LogP contribution is -2.15. The zero-order valence-corrected chi connectivity index (χ0v) is 12.3. The third-order valence-electron chi connectivity index (χ3n) is 3.46. The number of hydrogen-bond acceptors (Lipinski definition) is 4. The second kappa shape index (κ2) is 4.93. The largest absolute Gasteiger partial charge is 0.476 e. The number of hydrogen-bond donors (Lipinski definition) is 0. The van der Waals surface area contributed by atoms with Crippen LogP contribution in [-0.2, 0) is 14.9 Å². The zero-order valence-electron chi connectivity index (χ0n) is 12.3. The van der Waals surface area contributed by atoms with Crippen molar-refractivity contribution < 1.29 is 9.47 Å². The van der Waals surface area contributed by atoms with Gasteiger partial charge in [-0.15, -0.1) is 0 Å². The fourth-order valence-corrected chi connectivity index (χ4v) is 2.33. The summed E-state index contributed by atoms with van der Waals surface area (Å²) in [5.74, 6) is 1.46. The van der Waals surface area contributed by atoms with Gasteiger partial charge < -0.3 is 9.47 Å². The summed E-state index contributed by atoms with van der Waals surface area (Å²) in [6.07, 6.45) is 0. The number of ether oxygens (including phenoxy) is 2. The Morgan fingerprint density at radius 3 is 1.70 bits per heavy atom. The summed E-state index contributed by atoms with van der Waals surface area (Å²) >= 11 is 0. The van der Waals surface area contributed by atoms with Crippen molar-refractivity contribution in [1.29, 1.82) is 0 Å². The first-order chi connectivity index (χ1) is 9.54. The zero-order chi connectivity index (χ0) is 14.2. The molecule has 0 atom stereocenters. The molecule has 0 spiro atoms. The Bertz CT molecular complexity index is 540. The van der Waals surface area contributed by atoms with Gasteiger partial charge in [-0.2, -0.15) is 0 Å². The predicted molar refractivity (Wildman–Crippen MR) is 79.9 cm³/mol. The SMILES string of the molecule is CC(C)(C)c1cc(C2=NCCO2)cc(C2=NCCO2)c1. The van der Waals surface area contributed by atoms with Gasteiger partial charge in [0.25, 0.3) is 0 Å². The van der Waals surface area contributed by atoms with E-state index < -0.39 is 0 Å². The Hall–Kier alpha value is -1.84. The molecule has 0 saturated carbocycles. The van der Waals surface area contributed by atoms with Crippen molar-refractivity contribution in [2.75, 3.05) is 26.3 Å². The monoisotopic (exact) mass is 272 g/mol. The van der Waals surface area contributed by atoms with Gasteiger partial charge in [-0.1, -0.05) is 20.8 Å². The molecule has 1 aromatic rings. The molecular weight excluding hydrogens is 252 g/mol. The van der Waals surface area contributed by atoms with Gasteiger partial charge in [-0.05, 0) is 29.2 Å². The third kappa shape index (κ3) is 2.55. The molecule has 4 heteroatoms. The minimum atomic E-state index is 0.0586. The van der Waals surface area contributed by atoms with Crippen LogP contribution < -0.4 is 0 Å². The highest BCUT2D eigenvalue weighted by Crippen LogP contribution is 2.26. The highest BCUT2D eigenvalue weighted by molar-refractivity contribution is 6.00. The van der Waals surface area contributed by atoms with Crippen LogP contribution in [0, 0.1) is 0 Å². The van der Waals surface area contributed by atoms with Crippen molar-refractivity contribution in [2.24, 2.45) is 9.98 Å². The third-order valence-corrected chi connectivity index (χ3v) is 3.46. The molecule has 2 aliphatic rings. The van der Waals surface area contributed by atoms with E-state index in [9.17, 15) is 0 Å². The molecule has 106 valence electrons. The smallest absolute Gasteiger partial charge is 0.216 e. The first-order valence-electron chi connectivity index (χ1n) is 7.05. The van der Waals surface area contributed by atoms with E-state index in [1.807, 2.05) is 0 Å².